The molecule has 0 aliphatic carbocycles. The lowest BCUT2D eigenvalue weighted by Crippen LogP contribution is -2.08. The summed E-state index contributed by atoms with van der Waals surface area (Å²) in [5, 5.41) is 0.338. The highest BCUT2D eigenvalue weighted by molar-refractivity contribution is 7.90. The molecule has 26 heavy (non-hydrogen) atoms. The number of hydrogen-bond acceptors (Lipinski definition) is 6. The number of nitrogens with zero attached hydrogens (tertiary/aromatic N) is 2. The second kappa shape index (κ2) is 7.76. The second-order valence-corrected chi connectivity index (χ2v) is 6.99. The summed E-state index contributed by atoms with van der Waals surface area (Å²) >= 11 is -1.41. The van der Waals surface area contributed by atoms with E-state index in [0.29, 0.717) is 39.8 Å². The van der Waals surface area contributed by atoms with Crippen LogP contribution in [0.4, 0.5) is 0 Å². The zero-order chi connectivity index (χ0) is 18.7. The number of pyridine rings is 1. The molecule has 136 valence electrons. The summed E-state index contributed by atoms with van der Waals surface area (Å²) in [5.74, 6) is 0.486. The molecule has 1 aromatic carbocycles. The quantitative estimate of drug-likeness (QED) is 0.527. The molecule has 0 amide bonds. The van der Waals surface area contributed by atoms with Crippen LogP contribution in [0.2, 0.25) is 0 Å². The fraction of sp³-hybridized carbons (Fsp3) is 0.278. The van der Waals surface area contributed by atoms with E-state index in [9.17, 15) is 9.35 Å². The van der Waals surface area contributed by atoms with Crippen molar-refractivity contribution in [1.82, 2.24) is 15.0 Å². The summed E-state index contributed by atoms with van der Waals surface area (Å²) in [5.41, 5.74) is 3.14. The first kappa shape index (κ1) is 18.2. The highest BCUT2D eigenvalue weighted by Crippen LogP contribution is 2.22. The Morgan fingerprint density at radius 3 is 2.88 bits per heavy atom. The number of benzene rings is 1. The zero-order valence-electron chi connectivity index (χ0n) is 14.7. The van der Waals surface area contributed by atoms with Crippen LogP contribution in [-0.4, -0.2) is 39.2 Å². The number of carbonyl (C=O) groups is 1. The molecule has 0 spiro atoms. The Labute approximate surface area is 153 Å². The van der Waals surface area contributed by atoms with Crippen LogP contribution in [0.5, 0.6) is 5.75 Å². The lowest BCUT2D eigenvalue weighted by molar-refractivity contribution is 0.0600. The first-order valence-corrected chi connectivity index (χ1v) is 9.38. The van der Waals surface area contributed by atoms with Gasteiger partial charge in [0.1, 0.15) is 5.75 Å². The maximum absolute atomic E-state index is 12.7. The summed E-state index contributed by atoms with van der Waals surface area (Å²) in [6.07, 6.45) is 1.63. The Morgan fingerprint density at radius 2 is 2.15 bits per heavy atom. The van der Waals surface area contributed by atoms with Gasteiger partial charge in [-0.05, 0) is 37.6 Å². The number of rotatable bonds is 6. The molecule has 0 bridgehead atoms. The predicted molar refractivity (Wildman–Crippen MR) is 97.7 cm³/mol. The highest BCUT2D eigenvalue weighted by Gasteiger charge is 2.20. The fourth-order valence-corrected chi connectivity index (χ4v) is 3.56. The van der Waals surface area contributed by atoms with Gasteiger partial charge in [0.05, 0.1) is 36.0 Å². The van der Waals surface area contributed by atoms with E-state index in [0.717, 1.165) is 5.56 Å². The van der Waals surface area contributed by atoms with E-state index in [2.05, 4.69) is 15.0 Å². The van der Waals surface area contributed by atoms with E-state index in [1.807, 2.05) is 6.92 Å². The topological polar surface area (TPSA) is 100 Å². The number of hydrogen-bond donors (Lipinski definition) is 1. The van der Waals surface area contributed by atoms with Gasteiger partial charge in [-0.1, -0.05) is 0 Å². The summed E-state index contributed by atoms with van der Waals surface area (Å²) in [6.45, 7) is 4.26. The van der Waals surface area contributed by atoms with Gasteiger partial charge in [0.2, 0.25) is 0 Å². The van der Waals surface area contributed by atoms with Crippen LogP contribution in [0.15, 0.2) is 35.6 Å². The standard InChI is InChI=1S/C18H19N3O4S/c1-4-25-13-5-6-19-12(8-13)10-26(23)18-20-15-7-11(2)14(17(22)24-3)9-16(15)21-18/h5-9H,4,10H2,1-3H3,(H,20,21). The average molecular weight is 373 g/mol. The molecule has 0 aliphatic heterocycles. The molecule has 8 heteroatoms. The number of imidazole rings is 1. The number of carbonyl (C=O) groups excluding carboxylic acids is 1. The van der Waals surface area contributed by atoms with Crippen LogP contribution in [0.25, 0.3) is 11.0 Å². The van der Waals surface area contributed by atoms with Crippen molar-refractivity contribution < 1.29 is 18.8 Å². The average Bonchev–Trinajstić information content (AvgIpc) is 3.04. The summed E-state index contributed by atoms with van der Waals surface area (Å²) < 4.78 is 22.9. The number of esters is 1. The van der Waals surface area contributed by atoms with Gasteiger partial charge < -0.3 is 14.0 Å². The molecule has 0 fully saturated rings. The van der Waals surface area contributed by atoms with Gasteiger partial charge in [-0.3, -0.25) is 9.97 Å². The molecular weight excluding hydrogens is 354 g/mol. The lowest BCUT2D eigenvalue weighted by atomic mass is 10.1. The van der Waals surface area contributed by atoms with Gasteiger partial charge in [-0.2, -0.15) is 4.98 Å². The minimum atomic E-state index is -1.41. The zero-order valence-corrected chi connectivity index (χ0v) is 15.6. The van der Waals surface area contributed by atoms with Gasteiger partial charge in [0.25, 0.3) is 0 Å². The number of nitrogens with one attached hydrogen (secondary N) is 1. The van der Waals surface area contributed by atoms with Gasteiger partial charge in [-0.15, -0.1) is 0 Å². The molecule has 0 radical (unpaired) electrons. The number of ether oxygens (including phenoxy) is 2. The minimum Gasteiger partial charge on any atom is -0.609 e. The largest absolute Gasteiger partial charge is 0.609 e. The van der Waals surface area contributed by atoms with E-state index in [4.69, 9.17) is 9.47 Å². The monoisotopic (exact) mass is 373 g/mol. The molecule has 0 saturated carbocycles. The fourth-order valence-electron chi connectivity index (χ4n) is 2.57. The molecule has 2 aromatic heterocycles. The maximum atomic E-state index is 12.7. The van der Waals surface area contributed by atoms with Crippen LogP contribution in [0.1, 0.15) is 28.5 Å². The molecule has 1 N–H and O–H groups in total. The number of aromatic amines is 1. The molecule has 3 rings (SSSR count). The third-order valence-electron chi connectivity index (χ3n) is 3.81. The molecule has 2 heterocycles. The first-order chi connectivity index (χ1) is 12.5. The molecule has 1 unspecified atom stereocenters. The third-order valence-corrected chi connectivity index (χ3v) is 4.99. The SMILES string of the molecule is CCOc1ccnc(C[S+]([O-])c2nc3cc(C)c(C(=O)OC)cc3[nH]2)c1. The summed E-state index contributed by atoms with van der Waals surface area (Å²) in [6, 6.07) is 6.96. The smallest absolute Gasteiger partial charge is 0.338 e. The second-order valence-electron chi connectivity index (χ2n) is 5.62. The van der Waals surface area contributed by atoms with Crippen LogP contribution in [0, 0.1) is 6.92 Å². The van der Waals surface area contributed by atoms with Crippen molar-refractivity contribution in [2.45, 2.75) is 24.8 Å². The maximum Gasteiger partial charge on any atom is 0.338 e. The van der Waals surface area contributed by atoms with Crippen LogP contribution in [-0.2, 0) is 21.7 Å². The van der Waals surface area contributed by atoms with Gasteiger partial charge in [0.15, 0.2) is 5.75 Å². The van der Waals surface area contributed by atoms with Crippen molar-refractivity contribution in [1.29, 1.82) is 0 Å². The summed E-state index contributed by atoms with van der Waals surface area (Å²) in [7, 11) is 1.34. The van der Waals surface area contributed by atoms with Crippen LogP contribution in [0.3, 0.4) is 0 Å². The number of aryl methyl sites for hydroxylation is 1. The van der Waals surface area contributed by atoms with E-state index >= 15 is 0 Å². The first-order valence-electron chi connectivity index (χ1n) is 8.06. The molecule has 3 aromatic rings. The Morgan fingerprint density at radius 1 is 1.35 bits per heavy atom. The lowest BCUT2D eigenvalue weighted by Gasteiger charge is -2.08. The molecule has 1 atom stereocenters. The van der Waals surface area contributed by atoms with E-state index in [-0.39, 0.29) is 5.75 Å². The van der Waals surface area contributed by atoms with Crippen molar-refractivity contribution in [3.63, 3.8) is 0 Å². The Bertz CT molecular complexity index is 941. The Kier molecular flexibility index (Phi) is 5.43. The summed E-state index contributed by atoms with van der Waals surface area (Å²) in [4.78, 5) is 23.4. The molecular formula is C18H19N3O4S. The minimum absolute atomic E-state index is 0.212. The van der Waals surface area contributed by atoms with Crippen LogP contribution < -0.4 is 4.74 Å². The van der Waals surface area contributed by atoms with Gasteiger partial charge in [0, 0.05) is 23.4 Å². The molecule has 0 saturated heterocycles. The predicted octanol–water partition coefficient (Wildman–Crippen LogP) is 2.76. The number of aromatic nitrogens is 3. The van der Waals surface area contributed by atoms with Crippen molar-refractivity contribution in [2.24, 2.45) is 0 Å². The Balaban J connectivity index is 1.85. The normalized spacial score (nSPS) is 12.2. The van der Waals surface area contributed by atoms with Gasteiger partial charge >= 0.3 is 11.1 Å². The van der Waals surface area contributed by atoms with Crippen molar-refractivity contribution in [3.8, 4) is 5.75 Å². The van der Waals surface area contributed by atoms with Gasteiger partial charge in [-0.25, -0.2) is 4.79 Å². The van der Waals surface area contributed by atoms with E-state index in [1.54, 1.807) is 37.4 Å². The third kappa shape index (κ3) is 3.81. The number of fused-ring (bicyclic) bond motifs is 1. The van der Waals surface area contributed by atoms with E-state index in [1.165, 1.54) is 7.11 Å². The molecule has 7 nitrogen and oxygen atoms in total. The van der Waals surface area contributed by atoms with Crippen molar-refractivity contribution in [3.05, 3.63) is 47.3 Å². The van der Waals surface area contributed by atoms with Crippen LogP contribution >= 0.6 is 0 Å². The molecule has 0 aliphatic rings. The van der Waals surface area contributed by atoms with E-state index < -0.39 is 17.1 Å². The highest BCUT2D eigenvalue weighted by atomic mass is 32.2. The Hall–Kier alpha value is -2.58. The van der Waals surface area contributed by atoms with Crippen molar-refractivity contribution >= 4 is 28.2 Å². The number of H-pyrrole nitrogens is 1. The number of methoxy groups -OCH3 is 1. The van der Waals surface area contributed by atoms with Crippen molar-refractivity contribution in [2.75, 3.05) is 13.7 Å².